The Bertz CT molecular complexity index is 540. The lowest BCUT2D eigenvalue weighted by Gasteiger charge is -2.14. The highest BCUT2D eigenvalue weighted by atomic mass is 32.2. The van der Waals surface area contributed by atoms with Crippen LogP contribution in [0.1, 0.15) is 19.3 Å². The van der Waals surface area contributed by atoms with Crippen LogP contribution in [0.3, 0.4) is 0 Å². The average molecular weight is 286 g/mol. The van der Waals surface area contributed by atoms with E-state index in [0.29, 0.717) is 6.42 Å². The third-order valence-electron chi connectivity index (χ3n) is 3.38. The van der Waals surface area contributed by atoms with Gasteiger partial charge in [0.25, 0.3) is 0 Å². The number of nitrogens with two attached hydrogens (primary N) is 1. The van der Waals surface area contributed by atoms with Crippen molar-refractivity contribution in [2.75, 3.05) is 31.1 Å². The molecular weight excluding hydrogens is 267 g/mol. The molecule has 1 aliphatic rings. The van der Waals surface area contributed by atoms with E-state index in [2.05, 4.69) is 4.90 Å². The van der Waals surface area contributed by atoms with Crippen molar-refractivity contribution in [1.29, 1.82) is 0 Å². The van der Waals surface area contributed by atoms with Crippen molar-refractivity contribution in [3.05, 3.63) is 24.0 Å². The number of halogens is 1. The maximum atomic E-state index is 13.6. The first kappa shape index (κ1) is 14.3. The summed E-state index contributed by atoms with van der Waals surface area (Å²) >= 11 is 0. The Morgan fingerprint density at radius 1 is 1.26 bits per heavy atom. The first-order chi connectivity index (χ1) is 8.99. The molecule has 0 unspecified atom stereocenters. The zero-order valence-corrected chi connectivity index (χ0v) is 11.6. The number of rotatable bonds is 5. The van der Waals surface area contributed by atoms with Crippen LogP contribution in [0.15, 0.2) is 23.1 Å². The van der Waals surface area contributed by atoms with Gasteiger partial charge in [0.15, 0.2) is 9.84 Å². The molecule has 1 fully saturated rings. The second kappa shape index (κ2) is 5.88. The smallest absolute Gasteiger partial charge is 0.181 e. The Balaban J connectivity index is 1.97. The molecule has 0 aliphatic carbocycles. The molecule has 0 aromatic heterocycles. The van der Waals surface area contributed by atoms with E-state index in [-0.39, 0.29) is 16.3 Å². The van der Waals surface area contributed by atoms with E-state index in [9.17, 15) is 12.8 Å². The number of sulfone groups is 1. The molecule has 2 rings (SSSR count). The molecule has 0 radical (unpaired) electrons. The highest BCUT2D eigenvalue weighted by Crippen LogP contribution is 2.19. The average Bonchev–Trinajstić information content (AvgIpc) is 2.81. The monoisotopic (exact) mass is 286 g/mol. The standard InChI is InChI=1S/C13H19FN2O2S/c14-12-10-11(15)4-5-13(12)19(17,18)9-3-8-16-6-1-2-7-16/h4-5,10H,1-3,6-9,15H2. The maximum Gasteiger partial charge on any atom is 0.181 e. The molecule has 4 nitrogen and oxygen atoms in total. The Labute approximate surface area is 113 Å². The van der Waals surface area contributed by atoms with Crippen LogP contribution in [-0.2, 0) is 9.84 Å². The van der Waals surface area contributed by atoms with Gasteiger partial charge in [-0.2, -0.15) is 0 Å². The van der Waals surface area contributed by atoms with Gasteiger partial charge >= 0.3 is 0 Å². The summed E-state index contributed by atoms with van der Waals surface area (Å²) in [4.78, 5) is 2.00. The van der Waals surface area contributed by atoms with Gasteiger partial charge < -0.3 is 10.6 Å². The molecule has 1 aliphatic heterocycles. The van der Waals surface area contributed by atoms with Crippen molar-refractivity contribution >= 4 is 15.5 Å². The Hall–Kier alpha value is -1.14. The summed E-state index contributed by atoms with van der Waals surface area (Å²) < 4.78 is 37.7. The Morgan fingerprint density at radius 3 is 2.58 bits per heavy atom. The number of anilines is 1. The van der Waals surface area contributed by atoms with Gasteiger partial charge in [0.1, 0.15) is 10.7 Å². The van der Waals surface area contributed by atoms with Crippen LogP contribution in [0, 0.1) is 5.82 Å². The fourth-order valence-electron chi connectivity index (χ4n) is 2.36. The quantitative estimate of drug-likeness (QED) is 0.836. The third kappa shape index (κ3) is 3.67. The lowest BCUT2D eigenvalue weighted by Crippen LogP contribution is -2.22. The van der Waals surface area contributed by atoms with Gasteiger partial charge in [0, 0.05) is 5.69 Å². The number of nitrogens with zero attached hydrogens (tertiary/aromatic N) is 1. The molecular formula is C13H19FN2O2S. The lowest BCUT2D eigenvalue weighted by molar-refractivity contribution is 0.340. The van der Waals surface area contributed by atoms with Gasteiger partial charge in [-0.3, -0.25) is 0 Å². The second-order valence-electron chi connectivity index (χ2n) is 4.91. The van der Waals surface area contributed by atoms with Crippen LogP contribution in [0.4, 0.5) is 10.1 Å². The summed E-state index contributed by atoms with van der Waals surface area (Å²) in [6, 6.07) is 3.71. The molecule has 106 valence electrons. The first-order valence-corrected chi connectivity index (χ1v) is 8.14. The van der Waals surface area contributed by atoms with E-state index in [1.807, 2.05) is 0 Å². The van der Waals surface area contributed by atoms with Crippen molar-refractivity contribution in [3.63, 3.8) is 0 Å². The molecule has 1 heterocycles. The molecule has 1 aromatic carbocycles. The zero-order chi connectivity index (χ0) is 13.9. The van der Waals surface area contributed by atoms with E-state index in [4.69, 9.17) is 5.73 Å². The highest BCUT2D eigenvalue weighted by molar-refractivity contribution is 7.91. The summed E-state index contributed by atoms with van der Waals surface area (Å²) in [5, 5.41) is 0. The van der Waals surface area contributed by atoms with Gasteiger partial charge in [-0.15, -0.1) is 0 Å². The summed E-state index contributed by atoms with van der Waals surface area (Å²) in [7, 11) is -3.56. The molecule has 0 bridgehead atoms. The predicted molar refractivity (Wildman–Crippen MR) is 73.2 cm³/mol. The topological polar surface area (TPSA) is 63.4 Å². The van der Waals surface area contributed by atoms with E-state index >= 15 is 0 Å². The highest BCUT2D eigenvalue weighted by Gasteiger charge is 2.20. The number of hydrogen-bond acceptors (Lipinski definition) is 4. The number of benzene rings is 1. The molecule has 1 saturated heterocycles. The fourth-order valence-corrected chi connectivity index (χ4v) is 3.72. The van der Waals surface area contributed by atoms with Crippen molar-refractivity contribution in [1.82, 2.24) is 4.90 Å². The predicted octanol–water partition coefficient (Wildman–Crippen LogP) is 1.67. The number of nitrogen functional groups attached to an aromatic ring is 1. The molecule has 0 spiro atoms. The van der Waals surface area contributed by atoms with E-state index in [1.54, 1.807) is 0 Å². The van der Waals surface area contributed by atoms with Crippen LogP contribution in [-0.4, -0.2) is 38.7 Å². The molecule has 1 aromatic rings. The van der Waals surface area contributed by atoms with Gasteiger partial charge in [0.05, 0.1) is 5.75 Å². The SMILES string of the molecule is Nc1ccc(S(=O)(=O)CCCN2CCCC2)c(F)c1. The molecule has 6 heteroatoms. The first-order valence-electron chi connectivity index (χ1n) is 6.49. The minimum Gasteiger partial charge on any atom is -0.399 e. The normalized spacial score (nSPS) is 16.9. The number of likely N-dealkylation sites (tertiary alicyclic amines) is 1. The third-order valence-corrected chi connectivity index (χ3v) is 5.20. The van der Waals surface area contributed by atoms with Gasteiger partial charge in [-0.1, -0.05) is 0 Å². The van der Waals surface area contributed by atoms with E-state index in [1.165, 1.54) is 25.0 Å². The van der Waals surface area contributed by atoms with E-state index < -0.39 is 15.7 Å². The van der Waals surface area contributed by atoms with Crippen LogP contribution < -0.4 is 5.73 Å². The Morgan fingerprint density at radius 2 is 1.95 bits per heavy atom. The van der Waals surface area contributed by atoms with Crippen LogP contribution in [0.2, 0.25) is 0 Å². The van der Waals surface area contributed by atoms with Crippen molar-refractivity contribution in [3.8, 4) is 0 Å². The lowest BCUT2D eigenvalue weighted by atomic mass is 10.3. The van der Waals surface area contributed by atoms with Gasteiger partial charge in [-0.25, -0.2) is 12.8 Å². The molecule has 0 amide bonds. The summed E-state index contributed by atoms with van der Waals surface area (Å²) in [5.41, 5.74) is 5.64. The van der Waals surface area contributed by atoms with Crippen molar-refractivity contribution < 1.29 is 12.8 Å². The van der Waals surface area contributed by atoms with Crippen LogP contribution in [0.25, 0.3) is 0 Å². The fraction of sp³-hybridized carbons (Fsp3) is 0.538. The summed E-state index contributed by atoms with van der Waals surface area (Å²) in [6.07, 6.45) is 2.89. The number of hydrogen-bond donors (Lipinski definition) is 1. The minimum absolute atomic E-state index is 0.0235. The molecule has 0 saturated carbocycles. The van der Waals surface area contributed by atoms with Crippen LogP contribution >= 0.6 is 0 Å². The molecule has 2 N–H and O–H groups in total. The second-order valence-corrected chi connectivity index (χ2v) is 6.99. The zero-order valence-electron chi connectivity index (χ0n) is 10.8. The Kier molecular flexibility index (Phi) is 4.42. The largest absolute Gasteiger partial charge is 0.399 e. The van der Waals surface area contributed by atoms with Gasteiger partial charge in [-0.05, 0) is 57.1 Å². The maximum absolute atomic E-state index is 13.6. The van der Waals surface area contributed by atoms with Crippen molar-refractivity contribution in [2.24, 2.45) is 0 Å². The summed E-state index contributed by atoms with van der Waals surface area (Å²) in [6.45, 7) is 2.84. The summed E-state index contributed by atoms with van der Waals surface area (Å²) in [5.74, 6) is -0.786. The van der Waals surface area contributed by atoms with E-state index in [0.717, 1.165) is 25.7 Å². The van der Waals surface area contributed by atoms with Crippen molar-refractivity contribution in [2.45, 2.75) is 24.2 Å². The minimum atomic E-state index is -3.56. The molecule has 0 atom stereocenters. The van der Waals surface area contributed by atoms with Gasteiger partial charge in [0.2, 0.25) is 0 Å². The van der Waals surface area contributed by atoms with Crippen LogP contribution in [0.5, 0.6) is 0 Å². The molecule has 19 heavy (non-hydrogen) atoms.